The van der Waals surface area contributed by atoms with E-state index in [1.54, 1.807) is 24.3 Å². The molecular weight excluding hydrogens is 326 g/mol. The van der Waals surface area contributed by atoms with Gasteiger partial charge in [0.2, 0.25) is 5.91 Å². The highest BCUT2D eigenvalue weighted by Gasteiger charge is 2.16. The molecule has 0 aromatic heterocycles. The smallest absolute Gasteiger partial charge is 0.323 e. The van der Waals surface area contributed by atoms with Crippen molar-refractivity contribution in [2.45, 2.75) is 46.5 Å². The normalized spacial score (nSPS) is 10.7. The fourth-order valence-electron chi connectivity index (χ4n) is 2.81. The predicted octanol–water partition coefficient (Wildman–Crippen LogP) is 5.54. The summed E-state index contributed by atoms with van der Waals surface area (Å²) < 4.78 is 0. The summed E-state index contributed by atoms with van der Waals surface area (Å²) in [4.78, 5) is 23.6. The average Bonchev–Trinajstić information content (AvgIpc) is 2.55. The highest BCUT2D eigenvalue weighted by Crippen LogP contribution is 2.32. The Morgan fingerprint density at radius 1 is 0.731 bits per heavy atom. The molecule has 2 rings (SSSR count). The number of carbonyl (C=O) groups is 2. The molecule has 0 unspecified atom stereocenters. The zero-order valence-corrected chi connectivity index (χ0v) is 16.0. The second-order valence-corrected chi connectivity index (χ2v) is 6.96. The Bertz CT molecular complexity index is 754. The molecule has 0 saturated heterocycles. The van der Waals surface area contributed by atoms with Gasteiger partial charge in [0, 0.05) is 24.0 Å². The minimum absolute atomic E-state index is 0.130. The van der Waals surface area contributed by atoms with E-state index >= 15 is 0 Å². The fraction of sp³-hybridized carbons (Fsp3) is 0.333. The number of nitrogens with one attached hydrogen (secondary N) is 3. The van der Waals surface area contributed by atoms with Crippen molar-refractivity contribution < 1.29 is 9.59 Å². The van der Waals surface area contributed by atoms with Crippen LogP contribution in [0.25, 0.3) is 0 Å². The third kappa shape index (κ3) is 5.09. The summed E-state index contributed by atoms with van der Waals surface area (Å²) in [5.74, 6) is 0.483. The van der Waals surface area contributed by atoms with E-state index in [0.717, 1.165) is 16.8 Å². The lowest BCUT2D eigenvalue weighted by atomic mass is 9.93. The van der Waals surface area contributed by atoms with Crippen LogP contribution in [0.1, 0.15) is 57.6 Å². The molecule has 0 fully saturated rings. The Labute approximate surface area is 155 Å². The largest absolute Gasteiger partial charge is 0.326 e. The molecule has 2 aromatic carbocycles. The van der Waals surface area contributed by atoms with Crippen LogP contribution in [0.5, 0.6) is 0 Å². The highest BCUT2D eigenvalue weighted by molar-refractivity contribution is 6.01. The van der Waals surface area contributed by atoms with Gasteiger partial charge in [0.25, 0.3) is 0 Å². The maximum atomic E-state index is 12.5. The maximum Gasteiger partial charge on any atom is 0.323 e. The van der Waals surface area contributed by atoms with Crippen LogP contribution >= 0.6 is 0 Å². The van der Waals surface area contributed by atoms with Crippen molar-refractivity contribution in [1.29, 1.82) is 0 Å². The van der Waals surface area contributed by atoms with Gasteiger partial charge in [-0.15, -0.1) is 0 Å². The quantitative estimate of drug-likeness (QED) is 0.661. The van der Waals surface area contributed by atoms with Crippen molar-refractivity contribution in [2.75, 3.05) is 16.0 Å². The number of anilines is 3. The molecule has 0 aliphatic rings. The number of urea groups is 1. The second kappa shape index (κ2) is 8.52. The summed E-state index contributed by atoms with van der Waals surface area (Å²) >= 11 is 0. The molecule has 3 N–H and O–H groups in total. The first-order chi connectivity index (χ1) is 12.3. The molecule has 0 spiro atoms. The Hall–Kier alpha value is -2.82. The highest BCUT2D eigenvalue weighted by atomic mass is 16.2. The van der Waals surface area contributed by atoms with Gasteiger partial charge < -0.3 is 16.0 Å². The summed E-state index contributed by atoms with van der Waals surface area (Å²) in [6.45, 7) is 9.91. The average molecular weight is 353 g/mol. The van der Waals surface area contributed by atoms with Gasteiger partial charge >= 0.3 is 6.03 Å². The first-order valence-electron chi connectivity index (χ1n) is 8.86. The number of rotatable bonds is 5. The van der Waals surface area contributed by atoms with Gasteiger partial charge in [-0.2, -0.15) is 0 Å². The van der Waals surface area contributed by atoms with Crippen LogP contribution in [-0.2, 0) is 4.79 Å². The molecule has 26 heavy (non-hydrogen) atoms. The molecule has 5 heteroatoms. The van der Waals surface area contributed by atoms with Crippen LogP contribution in [0.4, 0.5) is 21.9 Å². The van der Waals surface area contributed by atoms with Crippen molar-refractivity contribution in [3.63, 3.8) is 0 Å². The van der Waals surface area contributed by atoms with E-state index < -0.39 is 0 Å². The van der Waals surface area contributed by atoms with Gasteiger partial charge in [0.15, 0.2) is 0 Å². The molecule has 2 aromatic rings. The molecule has 0 radical (unpaired) electrons. The zero-order chi connectivity index (χ0) is 19.3. The molecule has 5 nitrogen and oxygen atoms in total. The lowest BCUT2D eigenvalue weighted by Gasteiger charge is -2.20. The van der Waals surface area contributed by atoms with Crippen LogP contribution in [0.15, 0.2) is 42.5 Å². The molecule has 0 saturated carbocycles. The van der Waals surface area contributed by atoms with Gasteiger partial charge in [-0.1, -0.05) is 45.9 Å². The minimum Gasteiger partial charge on any atom is -0.326 e. The van der Waals surface area contributed by atoms with E-state index in [0.29, 0.717) is 23.2 Å². The first-order valence-corrected chi connectivity index (χ1v) is 8.86. The molecule has 0 atom stereocenters. The van der Waals surface area contributed by atoms with Crippen LogP contribution in [-0.4, -0.2) is 11.9 Å². The van der Waals surface area contributed by atoms with E-state index in [4.69, 9.17) is 0 Å². The van der Waals surface area contributed by atoms with Crippen molar-refractivity contribution in [3.05, 3.63) is 53.6 Å². The Morgan fingerprint density at radius 3 is 1.62 bits per heavy atom. The number of hydrogen-bond acceptors (Lipinski definition) is 2. The number of amides is 3. The minimum atomic E-state index is -0.285. The van der Waals surface area contributed by atoms with Gasteiger partial charge in [-0.3, -0.25) is 4.79 Å². The Balaban J connectivity index is 2.16. The topological polar surface area (TPSA) is 70.2 Å². The van der Waals surface area contributed by atoms with Crippen LogP contribution in [0.3, 0.4) is 0 Å². The Morgan fingerprint density at radius 2 is 1.19 bits per heavy atom. The van der Waals surface area contributed by atoms with Gasteiger partial charge in [0.05, 0.1) is 0 Å². The monoisotopic (exact) mass is 353 g/mol. The van der Waals surface area contributed by atoms with Crippen molar-refractivity contribution in [1.82, 2.24) is 0 Å². The molecule has 0 aliphatic heterocycles. The third-order valence-corrected chi connectivity index (χ3v) is 4.07. The molecule has 0 aliphatic carbocycles. The molecule has 0 bridgehead atoms. The lowest BCUT2D eigenvalue weighted by Crippen LogP contribution is -2.21. The predicted molar refractivity (Wildman–Crippen MR) is 108 cm³/mol. The van der Waals surface area contributed by atoms with Gasteiger partial charge in [0.1, 0.15) is 0 Å². The molecular formula is C21H27N3O2. The standard InChI is InChI=1S/C21H27N3O2/c1-13(2)18-7-6-8-19(14(3)4)20(18)24-21(26)23-17-11-9-16(10-12-17)22-15(5)25/h6-14H,1-5H3,(H,22,25)(H2,23,24,26). The summed E-state index contributed by atoms with van der Waals surface area (Å²) in [5, 5.41) is 8.56. The number of para-hydroxylation sites is 1. The lowest BCUT2D eigenvalue weighted by molar-refractivity contribution is -0.114. The van der Waals surface area contributed by atoms with E-state index in [2.05, 4.69) is 43.6 Å². The van der Waals surface area contributed by atoms with Crippen LogP contribution in [0.2, 0.25) is 0 Å². The van der Waals surface area contributed by atoms with Crippen LogP contribution in [0, 0.1) is 0 Å². The van der Waals surface area contributed by atoms with E-state index in [-0.39, 0.29) is 11.9 Å². The molecule has 138 valence electrons. The molecule has 3 amide bonds. The SMILES string of the molecule is CC(=O)Nc1ccc(NC(=O)Nc2c(C(C)C)cccc2C(C)C)cc1. The summed E-state index contributed by atoms with van der Waals surface area (Å²) in [5.41, 5.74) is 4.46. The van der Waals surface area contributed by atoms with Crippen molar-refractivity contribution in [2.24, 2.45) is 0 Å². The van der Waals surface area contributed by atoms with E-state index in [1.807, 2.05) is 18.2 Å². The van der Waals surface area contributed by atoms with Crippen molar-refractivity contribution in [3.8, 4) is 0 Å². The van der Waals surface area contributed by atoms with Gasteiger partial charge in [-0.25, -0.2) is 4.79 Å². The first kappa shape index (κ1) is 19.5. The Kier molecular flexibility index (Phi) is 6.39. The zero-order valence-electron chi connectivity index (χ0n) is 16.0. The van der Waals surface area contributed by atoms with E-state index in [9.17, 15) is 9.59 Å². The summed E-state index contributed by atoms with van der Waals surface area (Å²) in [7, 11) is 0. The summed E-state index contributed by atoms with van der Waals surface area (Å²) in [6, 6.07) is 12.9. The van der Waals surface area contributed by atoms with Crippen LogP contribution < -0.4 is 16.0 Å². The second-order valence-electron chi connectivity index (χ2n) is 6.96. The van der Waals surface area contributed by atoms with Crippen molar-refractivity contribution >= 4 is 29.0 Å². The fourth-order valence-corrected chi connectivity index (χ4v) is 2.81. The number of hydrogen-bond donors (Lipinski definition) is 3. The number of carbonyl (C=O) groups excluding carboxylic acids is 2. The number of benzene rings is 2. The maximum absolute atomic E-state index is 12.5. The van der Waals surface area contributed by atoms with E-state index in [1.165, 1.54) is 6.92 Å². The van der Waals surface area contributed by atoms with Gasteiger partial charge in [-0.05, 0) is 47.2 Å². The summed E-state index contributed by atoms with van der Waals surface area (Å²) in [6.07, 6.45) is 0. The molecule has 0 heterocycles. The third-order valence-electron chi connectivity index (χ3n) is 4.07.